The lowest BCUT2D eigenvalue weighted by Gasteiger charge is -2.10. The number of nitrogens with zero attached hydrogens (tertiary/aromatic N) is 1. The van der Waals surface area contributed by atoms with E-state index in [-0.39, 0.29) is 12.4 Å². The number of phenolic OH excluding ortho intramolecular Hbond substituents is 1. The molecule has 0 aliphatic carbocycles. The van der Waals surface area contributed by atoms with Crippen molar-refractivity contribution in [1.82, 2.24) is 5.43 Å². The van der Waals surface area contributed by atoms with E-state index in [0.717, 1.165) is 11.1 Å². The number of para-hydroxylation sites is 1. The van der Waals surface area contributed by atoms with Gasteiger partial charge in [0, 0.05) is 10.6 Å². The molecule has 0 heterocycles. The Kier molecular flexibility index (Phi) is 5.60. The van der Waals surface area contributed by atoms with Crippen molar-refractivity contribution in [3.8, 4) is 11.5 Å². The van der Waals surface area contributed by atoms with E-state index in [1.807, 2.05) is 32.0 Å². The summed E-state index contributed by atoms with van der Waals surface area (Å²) in [4.78, 5) is 11.7. The summed E-state index contributed by atoms with van der Waals surface area (Å²) >= 11 is 5.83. The number of amides is 1. The molecule has 23 heavy (non-hydrogen) atoms. The minimum atomic E-state index is -0.398. The normalized spacial score (nSPS) is 10.7. The molecule has 0 saturated carbocycles. The van der Waals surface area contributed by atoms with Gasteiger partial charge in [0.05, 0.1) is 6.21 Å². The van der Waals surface area contributed by atoms with E-state index in [2.05, 4.69) is 10.5 Å². The van der Waals surface area contributed by atoms with Crippen molar-refractivity contribution in [2.45, 2.75) is 13.8 Å². The van der Waals surface area contributed by atoms with Crippen LogP contribution in [0.2, 0.25) is 5.02 Å². The van der Waals surface area contributed by atoms with Crippen LogP contribution in [-0.4, -0.2) is 23.8 Å². The first kappa shape index (κ1) is 16.8. The van der Waals surface area contributed by atoms with Gasteiger partial charge in [-0.25, -0.2) is 5.43 Å². The summed E-state index contributed by atoms with van der Waals surface area (Å²) in [6.07, 6.45) is 1.32. The summed E-state index contributed by atoms with van der Waals surface area (Å²) < 4.78 is 5.52. The van der Waals surface area contributed by atoms with Crippen LogP contribution in [0, 0.1) is 13.8 Å². The molecule has 0 fully saturated rings. The molecule has 0 aliphatic heterocycles. The third-order valence-corrected chi connectivity index (χ3v) is 3.37. The second-order valence-electron chi connectivity index (χ2n) is 5.01. The maximum Gasteiger partial charge on any atom is 0.277 e. The van der Waals surface area contributed by atoms with E-state index in [9.17, 15) is 9.90 Å². The van der Waals surface area contributed by atoms with E-state index in [0.29, 0.717) is 16.3 Å². The lowest BCUT2D eigenvalue weighted by Crippen LogP contribution is -2.25. The average Bonchev–Trinajstić information content (AvgIpc) is 2.50. The van der Waals surface area contributed by atoms with Crippen molar-refractivity contribution in [3.63, 3.8) is 0 Å². The van der Waals surface area contributed by atoms with E-state index >= 15 is 0 Å². The van der Waals surface area contributed by atoms with E-state index in [1.54, 1.807) is 12.1 Å². The second-order valence-corrected chi connectivity index (χ2v) is 5.44. The molecule has 2 rings (SSSR count). The first-order valence-corrected chi connectivity index (χ1v) is 7.34. The Morgan fingerprint density at radius 1 is 1.30 bits per heavy atom. The maximum absolute atomic E-state index is 11.7. The Labute approximate surface area is 139 Å². The topological polar surface area (TPSA) is 70.9 Å². The highest BCUT2D eigenvalue weighted by Gasteiger charge is 2.06. The fraction of sp³-hybridized carbons (Fsp3) is 0.176. The lowest BCUT2D eigenvalue weighted by atomic mass is 10.1. The second kappa shape index (κ2) is 7.65. The number of hydrogen-bond acceptors (Lipinski definition) is 4. The number of ether oxygens (including phenoxy) is 1. The van der Waals surface area contributed by atoms with Crippen molar-refractivity contribution in [1.29, 1.82) is 0 Å². The third-order valence-electron chi connectivity index (χ3n) is 3.14. The molecule has 0 spiro atoms. The Morgan fingerprint density at radius 2 is 2.00 bits per heavy atom. The van der Waals surface area contributed by atoms with Crippen LogP contribution in [0.1, 0.15) is 16.7 Å². The molecule has 1 amide bonds. The smallest absolute Gasteiger partial charge is 0.277 e. The van der Waals surface area contributed by atoms with Gasteiger partial charge in [-0.1, -0.05) is 29.8 Å². The zero-order chi connectivity index (χ0) is 16.8. The summed E-state index contributed by atoms with van der Waals surface area (Å²) in [6.45, 7) is 3.69. The van der Waals surface area contributed by atoms with Gasteiger partial charge in [-0.3, -0.25) is 4.79 Å². The molecular weight excluding hydrogens is 316 g/mol. The van der Waals surface area contributed by atoms with Crippen LogP contribution < -0.4 is 10.2 Å². The van der Waals surface area contributed by atoms with Crippen LogP contribution in [0.4, 0.5) is 0 Å². The molecule has 0 atom stereocenters. The highest BCUT2D eigenvalue weighted by atomic mass is 35.5. The largest absolute Gasteiger partial charge is 0.507 e. The molecule has 120 valence electrons. The maximum atomic E-state index is 11.7. The predicted octanol–water partition coefficient (Wildman–Crippen LogP) is 3.19. The van der Waals surface area contributed by atoms with Gasteiger partial charge >= 0.3 is 0 Å². The molecule has 0 unspecified atom stereocenters. The number of carbonyl (C=O) groups is 1. The van der Waals surface area contributed by atoms with Gasteiger partial charge in [0.2, 0.25) is 0 Å². The van der Waals surface area contributed by atoms with Gasteiger partial charge in [-0.05, 0) is 43.2 Å². The molecule has 0 bridgehead atoms. The SMILES string of the molecule is Cc1cccc(C)c1OCC(=O)N/N=C\c1cc(Cl)ccc1O. The van der Waals surface area contributed by atoms with Crippen molar-refractivity contribution >= 4 is 23.7 Å². The Morgan fingerprint density at radius 3 is 2.70 bits per heavy atom. The predicted molar refractivity (Wildman–Crippen MR) is 90.3 cm³/mol. The lowest BCUT2D eigenvalue weighted by molar-refractivity contribution is -0.123. The molecule has 0 aliphatic rings. The van der Waals surface area contributed by atoms with Crippen molar-refractivity contribution in [2.75, 3.05) is 6.61 Å². The molecule has 5 nitrogen and oxygen atoms in total. The molecule has 0 radical (unpaired) electrons. The van der Waals surface area contributed by atoms with Gasteiger partial charge in [-0.15, -0.1) is 0 Å². The summed E-state index contributed by atoms with van der Waals surface area (Å²) in [6, 6.07) is 10.3. The first-order chi connectivity index (χ1) is 11.0. The summed E-state index contributed by atoms with van der Waals surface area (Å²) in [5, 5.41) is 13.9. The summed E-state index contributed by atoms with van der Waals surface area (Å²) in [5.41, 5.74) is 4.68. The van der Waals surface area contributed by atoms with Crippen LogP contribution >= 0.6 is 11.6 Å². The highest BCUT2D eigenvalue weighted by molar-refractivity contribution is 6.30. The number of nitrogens with one attached hydrogen (secondary N) is 1. The number of aromatic hydroxyl groups is 1. The number of aryl methyl sites for hydroxylation is 2. The fourth-order valence-corrected chi connectivity index (χ4v) is 2.18. The number of benzene rings is 2. The standard InChI is InChI=1S/C17H17ClN2O3/c1-11-4-3-5-12(2)17(11)23-10-16(22)20-19-9-13-8-14(18)6-7-15(13)21/h3-9,21H,10H2,1-2H3,(H,20,22)/b19-9-. The minimum Gasteiger partial charge on any atom is -0.507 e. The molecule has 2 aromatic rings. The molecule has 2 N–H and O–H groups in total. The number of phenols is 1. The third kappa shape index (κ3) is 4.72. The quantitative estimate of drug-likeness (QED) is 0.652. The van der Waals surface area contributed by atoms with Crippen LogP contribution in [-0.2, 0) is 4.79 Å². The Hall–Kier alpha value is -2.53. The van der Waals surface area contributed by atoms with Gasteiger partial charge in [-0.2, -0.15) is 5.10 Å². The molecule has 0 saturated heterocycles. The van der Waals surface area contributed by atoms with Crippen molar-refractivity contribution < 1.29 is 14.6 Å². The van der Waals surface area contributed by atoms with Crippen LogP contribution in [0.25, 0.3) is 0 Å². The number of hydrazone groups is 1. The first-order valence-electron chi connectivity index (χ1n) is 6.97. The summed E-state index contributed by atoms with van der Waals surface area (Å²) in [7, 11) is 0. The van der Waals surface area contributed by atoms with Crippen molar-refractivity contribution in [2.24, 2.45) is 5.10 Å². The van der Waals surface area contributed by atoms with Gasteiger partial charge in [0.15, 0.2) is 6.61 Å². The highest BCUT2D eigenvalue weighted by Crippen LogP contribution is 2.22. The van der Waals surface area contributed by atoms with Crippen molar-refractivity contribution in [3.05, 3.63) is 58.1 Å². The zero-order valence-electron chi connectivity index (χ0n) is 12.8. The minimum absolute atomic E-state index is 0.0270. The van der Waals surface area contributed by atoms with E-state index in [4.69, 9.17) is 16.3 Å². The zero-order valence-corrected chi connectivity index (χ0v) is 13.6. The van der Waals surface area contributed by atoms with Gasteiger partial charge in [0.25, 0.3) is 5.91 Å². The van der Waals surface area contributed by atoms with E-state index < -0.39 is 5.91 Å². The molecule has 0 aromatic heterocycles. The van der Waals surface area contributed by atoms with Gasteiger partial charge in [0.1, 0.15) is 11.5 Å². The van der Waals surface area contributed by atoms with Gasteiger partial charge < -0.3 is 9.84 Å². The van der Waals surface area contributed by atoms with Crippen LogP contribution in [0.3, 0.4) is 0 Å². The number of carbonyl (C=O) groups excluding carboxylic acids is 1. The van der Waals surface area contributed by atoms with E-state index in [1.165, 1.54) is 12.3 Å². The Bertz CT molecular complexity index is 724. The van der Waals surface area contributed by atoms with Crippen LogP contribution in [0.15, 0.2) is 41.5 Å². The molecular formula is C17H17ClN2O3. The summed E-state index contributed by atoms with van der Waals surface area (Å²) in [5.74, 6) is 0.323. The molecule has 2 aromatic carbocycles. The number of hydrogen-bond donors (Lipinski definition) is 2. The van der Waals surface area contributed by atoms with Crippen LogP contribution in [0.5, 0.6) is 11.5 Å². The monoisotopic (exact) mass is 332 g/mol. The number of rotatable bonds is 5. The Balaban J connectivity index is 1.90. The molecule has 6 heteroatoms. The fourth-order valence-electron chi connectivity index (χ4n) is 2.00. The average molecular weight is 333 g/mol. The number of halogens is 1.